The molecule has 0 aliphatic rings. The van der Waals surface area contributed by atoms with Gasteiger partial charge in [0, 0.05) is 5.39 Å². The highest BCUT2D eigenvalue weighted by atomic mass is 16.3. The highest BCUT2D eigenvalue weighted by Crippen LogP contribution is 2.29. The van der Waals surface area contributed by atoms with Gasteiger partial charge in [-0.25, -0.2) is 0 Å². The molecule has 2 nitrogen and oxygen atoms in total. The first-order chi connectivity index (χ1) is 8.34. The molecule has 0 saturated heterocycles. The largest absolute Gasteiger partial charge is 0.506 e. The van der Waals surface area contributed by atoms with Gasteiger partial charge in [0.15, 0.2) is 0 Å². The van der Waals surface area contributed by atoms with Gasteiger partial charge < -0.3 is 5.11 Å². The minimum Gasteiger partial charge on any atom is -0.506 e. The van der Waals surface area contributed by atoms with E-state index < -0.39 is 0 Å². The van der Waals surface area contributed by atoms with Crippen molar-refractivity contribution in [2.45, 2.75) is 0 Å². The first-order valence-electron chi connectivity index (χ1n) is 5.48. The van der Waals surface area contributed by atoms with Crippen molar-refractivity contribution in [1.82, 2.24) is 4.98 Å². The van der Waals surface area contributed by atoms with Crippen molar-refractivity contribution >= 4 is 10.9 Å². The molecule has 1 heterocycles. The lowest BCUT2D eigenvalue weighted by Crippen LogP contribution is -1.83. The molecule has 17 heavy (non-hydrogen) atoms. The number of rotatable bonds is 1. The van der Waals surface area contributed by atoms with Crippen LogP contribution in [0.25, 0.3) is 22.0 Å². The van der Waals surface area contributed by atoms with E-state index in [0.717, 1.165) is 22.0 Å². The lowest BCUT2D eigenvalue weighted by atomic mass is 10.0. The van der Waals surface area contributed by atoms with Gasteiger partial charge in [-0.1, -0.05) is 42.5 Å². The lowest BCUT2D eigenvalue weighted by molar-refractivity contribution is 0.474. The van der Waals surface area contributed by atoms with E-state index in [4.69, 9.17) is 0 Å². The molecule has 82 valence electrons. The summed E-state index contributed by atoms with van der Waals surface area (Å²) >= 11 is 0. The lowest BCUT2D eigenvalue weighted by Gasteiger charge is -2.06. The number of aromatic nitrogens is 1. The van der Waals surface area contributed by atoms with Gasteiger partial charge in [-0.3, -0.25) is 4.98 Å². The van der Waals surface area contributed by atoms with Gasteiger partial charge >= 0.3 is 0 Å². The molecule has 1 aromatic heterocycles. The second kappa shape index (κ2) is 3.91. The van der Waals surface area contributed by atoms with E-state index >= 15 is 0 Å². The minimum absolute atomic E-state index is 0.195. The van der Waals surface area contributed by atoms with Crippen LogP contribution in [0.1, 0.15) is 0 Å². The van der Waals surface area contributed by atoms with Gasteiger partial charge in [0.1, 0.15) is 5.75 Å². The van der Waals surface area contributed by atoms with Crippen molar-refractivity contribution < 1.29 is 5.11 Å². The number of hydrogen-bond acceptors (Lipinski definition) is 2. The molecule has 0 unspecified atom stereocenters. The van der Waals surface area contributed by atoms with Crippen molar-refractivity contribution in [2.75, 3.05) is 0 Å². The molecule has 1 N–H and O–H groups in total. The fourth-order valence-corrected chi connectivity index (χ4v) is 2.01. The Bertz CT molecular complexity index is 662. The molecule has 0 spiro atoms. The molecule has 0 fully saturated rings. The number of fused-ring (bicyclic) bond motifs is 1. The van der Waals surface area contributed by atoms with Crippen molar-refractivity contribution in [2.24, 2.45) is 0 Å². The first kappa shape index (κ1) is 9.85. The Morgan fingerprint density at radius 1 is 0.882 bits per heavy atom. The first-order valence-corrected chi connectivity index (χ1v) is 5.48. The van der Waals surface area contributed by atoms with Gasteiger partial charge in [0.05, 0.1) is 11.7 Å². The normalized spacial score (nSPS) is 10.6. The van der Waals surface area contributed by atoms with Crippen LogP contribution in [-0.2, 0) is 0 Å². The van der Waals surface area contributed by atoms with E-state index in [0.29, 0.717) is 0 Å². The minimum atomic E-state index is 0.195. The summed E-state index contributed by atoms with van der Waals surface area (Å²) in [5.41, 5.74) is 3.11. The summed E-state index contributed by atoms with van der Waals surface area (Å²) in [5, 5.41) is 10.5. The average Bonchev–Trinajstić information content (AvgIpc) is 2.39. The molecule has 0 saturated carbocycles. The van der Waals surface area contributed by atoms with E-state index in [1.54, 1.807) is 6.07 Å². The SMILES string of the molecule is Oc1cnc2cccc(-c3ccccc3)c2c1. The number of hydrogen-bond donors (Lipinski definition) is 1. The zero-order valence-electron chi connectivity index (χ0n) is 9.17. The molecule has 3 rings (SSSR count). The van der Waals surface area contributed by atoms with Crippen molar-refractivity contribution in [3.63, 3.8) is 0 Å². The maximum Gasteiger partial charge on any atom is 0.134 e. The summed E-state index contributed by atoms with van der Waals surface area (Å²) in [4.78, 5) is 4.22. The molecule has 2 heteroatoms. The van der Waals surface area contributed by atoms with Crippen molar-refractivity contribution in [1.29, 1.82) is 0 Å². The second-order valence-corrected chi connectivity index (χ2v) is 3.93. The molecular weight excluding hydrogens is 210 g/mol. The van der Waals surface area contributed by atoms with Gasteiger partial charge in [-0.15, -0.1) is 0 Å². The third kappa shape index (κ3) is 1.74. The molecule has 0 atom stereocenters. The highest BCUT2D eigenvalue weighted by Gasteiger charge is 2.04. The number of pyridine rings is 1. The quantitative estimate of drug-likeness (QED) is 0.681. The van der Waals surface area contributed by atoms with Crippen LogP contribution in [0.2, 0.25) is 0 Å². The molecule has 2 aromatic carbocycles. The van der Waals surface area contributed by atoms with Crippen LogP contribution in [0.15, 0.2) is 60.8 Å². The number of aromatic hydroxyl groups is 1. The monoisotopic (exact) mass is 221 g/mol. The highest BCUT2D eigenvalue weighted by molar-refractivity contribution is 5.95. The predicted octanol–water partition coefficient (Wildman–Crippen LogP) is 3.61. The number of benzene rings is 2. The molecule has 0 radical (unpaired) electrons. The Morgan fingerprint density at radius 2 is 1.71 bits per heavy atom. The molecule has 0 aliphatic carbocycles. The van der Waals surface area contributed by atoms with Crippen LogP contribution in [0, 0.1) is 0 Å². The van der Waals surface area contributed by atoms with E-state index in [1.165, 1.54) is 6.20 Å². The summed E-state index contributed by atoms with van der Waals surface area (Å²) in [5.74, 6) is 0.195. The second-order valence-electron chi connectivity index (χ2n) is 3.93. The van der Waals surface area contributed by atoms with E-state index in [2.05, 4.69) is 17.1 Å². The standard InChI is InChI=1S/C15H11NO/c17-12-9-14-13(11-5-2-1-3-6-11)7-4-8-15(14)16-10-12/h1-10,17H. The van der Waals surface area contributed by atoms with E-state index in [9.17, 15) is 5.11 Å². The van der Waals surface area contributed by atoms with Crippen LogP contribution in [-0.4, -0.2) is 10.1 Å². The summed E-state index contributed by atoms with van der Waals surface area (Å²) in [6.45, 7) is 0. The Balaban J connectivity index is 2.33. The fourth-order valence-electron chi connectivity index (χ4n) is 2.01. The molecule has 0 amide bonds. The Labute approximate surface area is 99.2 Å². The van der Waals surface area contributed by atoms with Crippen LogP contribution >= 0.6 is 0 Å². The Kier molecular flexibility index (Phi) is 2.26. The molecule has 0 bridgehead atoms. The maximum absolute atomic E-state index is 9.54. The summed E-state index contributed by atoms with van der Waals surface area (Å²) in [7, 11) is 0. The maximum atomic E-state index is 9.54. The van der Waals surface area contributed by atoms with Crippen LogP contribution in [0.5, 0.6) is 5.75 Å². The molecule has 3 aromatic rings. The number of nitrogens with zero attached hydrogens (tertiary/aromatic N) is 1. The van der Waals surface area contributed by atoms with Gasteiger partial charge in [-0.05, 0) is 23.3 Å². The van der Waals surface area contributed by atoms with Crippen molar-refractivity contribution in [3.8, 4) is 16.9 Å². The van der Waals surface area contributed by atoms with Crippen LogP contribution in [0.4, 0.5) is 0 Å². The summed E-state index contributed by atoms with van der Waals surface area (Å²) in [6, 6.07) is 17.8. The average molecular weight is 221 g/mol. The fraction of sp³-hybridized carbons (Fsp3) is 0. The third-order valence-electron chi connectivity index (χ3n) is 2.80. The van der Waals surface area contributed by atoms with Crippen LogP contribution < -0.4 is 0 Å². The van der Waals surface area contributed by atoms with E-state index in [-0.39, 0.29) is 5.75 Å². The zero-order chi connectivity index (χ0) is 11.7. The van der Waals surface area contributed by atoms with Gasteiger partial charge in [0.25, 0.3) is 0 Å². The third-order valence-corrected chi connectivity index (χ3v) is 2.80. The zero-order valence-corrected chi connectivity index (χ0v) is 9.17. The van der Waals surface area contributed by atoms with Gasteiger partial charge in [0.2, 0.25) is 0 Å². The van der Waals surface area contributed by atoms with Gasteiger partial charge in [-0.2, -0.15) is 0 Å². The van der Waals surface area contributed by atoms with Crippen molar-refractivity contribution in [3.05, 3.63) is 60.8 Å². The topological polar surface area (TPSA) is 33.1 Å². The smallest absolute Gasteiger partial charge is 0.134 e. The molecule has 0 aliphatic heterocycles. The summed E-state index contributed by atoms with van der Waals surface area (Å²) < 4.78 is 0. The molecular formula is C15H11NO. The Morgan fingerprint density at radius 3 is 2.53 bits per heavy atom. The Hall–Kier alpha value is -2.35. The predicted molar refractivity (Wildman–Crippen MR) is 68.8 cm³/mol. The van der Waals surface area contributed by atoms with E-state index in [1.807, 2.05) is 36.4 Å². The van der Waals surface area contributed by atoms with Crippen LogP contribution in [0.3, 0.4) is 0 Å². The summed E-state index contributed by atoms with van der Waals surface area (Å²) in [6.07, 6.45) is 1.47.